The van der Waals surface area contributed by atoms with Crippen LogP contribution in [0.2, 0.25) is 0 Å². The van der Waals surface area contributed by atoms with Crippen LogP contribution in [0.15, 0.2) is 36.6 Å². The highest BCUT2D eigenvalue weighted by Crippen LogP contribution is 2.09. The van der Waals surface area contributed by atoms with E-state index >= 15 is 0 Å². The van der Waals surface area contributed by atoms with Crippen LogP contribution in [-0.4, -0.2) is 12.4 Å². The highest BCUT2D eigenvalue weighted by molar-refractivity contribution is 6.00. The molecule has 11 heavy (non-hydrogen) atoms. The lowest BCUT2D eigenvalue weighted by molar-refractivity contribution is -0.110. The number of hydrogen-bond donors (Lipinski definition) is 0. The largest absolute Gasteiger partial charge is 0.493 e. The number of ether oxygens (including phenoxy) is 1. The third-order valence-corrected chi connectivity index (χ3v) is 1.29. The molecule has 1 aliphatic carbocycles. The van der Waals surface area contributed by atoms with Gasteiger partial charge in [-0.25, -0.2) is 0 Å². The summed E-state index contributed by atoms with van der Waals surface area (Å²) in [6, 6.07) is 0. The standard InChI is InChI=1S/C9H10O2/c1-2-6-11-9-5-3-4-8(10)7-9/h2-4,7H,1,5-6H2. The van der Waals surface area contributed by atoms with Crippen LogP contribution in [0.4, 0.5) is 0 Å². The van der Waals surface area contributed by atoms with Gasteiger partial charge >= 0.3 is 0 Å². The number of carbonyl (C=O) groups is 1. The Morgan fingerprint density at radius 2 is 2.55 bits per heavy atom. The van der Waals surface area contributed by atoms with Crippen molar-refractivity contribution in [2.45, 2.75) is 6.42 Å². The Labute approximate surface area is 65.9 Å². The van der Waals surface area contributed by atoms with E-state index in [0.29, 0.717) is 13.0 Å². The topological polar surface area (TPSA) is 26.3 Å². The molecule has 0 aromatic rings. The summed E-state index contributed by atoms with van der Waals surface area (Å²) in [6.45, 7) is 3.97. The summed E-state index contributed by atoms with van der Waals surface area (Å²) < 4.78 is 5.17. The molecule has 0 fully saturated rings. The fraction of sp³-hybridized carbons (Fsp3) is 0.222. The molecule has 2 heteroatoms. The molecule has 58 valence electrons. The van der Waals surface area contributed by atoms with Gasteiger partial charge in [-0.1, -0.05) is 18.7 Å². The summed E-state index contributed by atoms with van der Waals surface area (Å²) in [5, 5.41) is 0. The first kappa shape index (κ1) is 7.79. The maximum Gasteiger partial charge on any atom is 0.181 e. The Balaban J connectivity index is 2.46. The molecule has 1 rings (SSSR count). The minimum absolute atomic E-state index is 0.00434. The molecule has 0 saturated heterocycles. The van der Waals surface area contributed by atoms with Gasteiger partial charge in [-0.3, -0.25) is 4.79 Å². The van der Waals surface area contributed by atoms with Gasteiger partial charge in [0, 0.05) is 12.5 Å². The second-order valence-electron chi connectivity index (χ2n) is 2.22. The normalized spacial score (nSPS) is 16.0. The van der Waals surface area contributed by atoms with Gasteiger partial charge in [0.25, 0.3) is 0 Å². The minimum atomic E-state index is -0.00434. The van der Waals surface area contributed by atoms with Crippen molar-refractivity contribution in [1.82, 2.24) is 0 Å². The highest BCUT2D eigenvalue weighted by Gasteiger charge is 2.03. The van der Waals surface area contributed by atoms with E-state index in [0.717, 1.165) is 5.76 Å². The second-order valence-corrected chi connectivity index (χ2v) is 2.22. The summed E-state index contributed by atoms with van der Waals surface area (Å²) in [6.07, 6.45) is 7.20. The van der Waals surface area contributed by atoms with Crippen LogP contribution < -0.4 is 0 Å². The smallest absolute Gasteiger partial charge is 0.181 e. The van der Waals surface area contributed by atoms with Gasteiger partial charge in [0.2, 0.25) is 0 Å². The van der Waals surface area contributed by atoms with Crippen molar-refractivity contribution < 1.29 is 9.53 Å². The van der Waals surface area contributed by atoms with E-state index in [-0.39, 0.29) is 5.78 Å². The molecule has 0 aromatic heterocycles. The predicted molar refractivity (Wildman–Crippen MR) is 43.0 cm³/mol. The molecule has 0 aliphatic heterocycles. The maximum absolute atomic E-state index is 10.8. The van der Waals surface area contributed by atoms with Crippen molar-refractivity contribution >= 4 is 5.78 Å². The number of carbonyl (C=O) groups excluding carboxylic acids is 1. The van der Waals surface area contributed by atoms with Gasteiger partial charge in [0.1, 0.15) is 12.4 Å². The molecule has 0 atom stereocenters. The van der Waals surface area contributed by atoms with Gasteiger partial charge < -0.3 is 4.74 Å². The van der Waals surface area contributed by atoms with Crippen molar-refractivity contribution in [2.75, 3.05) is 6.61 Å². The van der Waals surface area contributed by atoms with Crippen LogP contribution in [-0.2, 0) is 9.53 Å². The molecule has 2 nitrogen and oxygen atoms in total. The lowest BCUT2D eigenvalue weighted by atomic mass is 10.2. The molecule has 0 bridgehead atoms. The molecular formula is C9H10O2. The fourth-order valence-electron chi connectivity index (χ4n) is 0.823. The van der Waals surface area contributed by atoms with Crippen LogP contribution in [0.5, 0.6) is 0 Å². The lowest BCUT2D eigenvalue weighted by Crippen LogP contribution is -2.00. The third-order valence-electron chi connectivity index (χ3n) is 1.29. The van der Waals surface area contributed by atoms with Gasteiger partial charge in [-0.05, 0) is 6.08 Å². The minimum Gasteiger partial charge on any atom is -0.493 e. The molecule has 0 spiro atoms. The fourth-order valence-corrected chi connectivity index (χ4v) is 0.823. The van der Waals surface area contributed by atoms with E-state index in [1.54, 1.807) is 18.2 Å². The zero-order chi connectivity index (χ0) is 8.10. The first-order valence-corrected chi connectivity index (χ1v) is 3.47. The second kappa shape index (κ2) is 3.76. The van der Waals surface area contributed by atoms with Crippen molar-refractivity contribution in [3.05, 3.63) is 36.6 Å². The molecule has 0 unspecified atom stereocenters. The molecular weight excluding hydrogens is 140 g/mol. The van der Waals surface area contributed by atoms with Gasteiger partial charge in [0.05, 0.1) is 0 Å². The highest BCUT2D eigenvalue weighted by atomic mass is 16.5. The van der Waals surface area contributed by atoms with Crippen molar-refractivity contribution in [2.24, 2.45) is 0 Å². The molecule has 0 N–H and O–H groups in total. The van der Waals surface area contributed by atoms with Gasteiger partial charge in [0.15, 0.2) is 5.78 Å². The Kier molecular flexibility index (Phi) is 2.66. The quantitative estimate of drug-likeness (QED) is 0.571. The Morgan fingerprint density at radius 1 is 1.73 bits per heavy atom. The summed E-state index contributed by atoms with van der Waals surface area (Å²) in [5.41, 5.74) is 0. The monoisotopic (exact) mass is 150 g/mol. The third kappa shape index (κ3) is 2.42. The van der Waals surface area contributed by atoms with E-state index in [1.165, 1.54) is 6.08 Å². The SMILES string of the molecule is C=CCOC1=CC(=O)C=CC1. The van der Waals surface area contributed by atoms with Crippen LogP contribution >= 0.6 is 0 Å². The summed E-state index contributed by atoms with van der Waals surface area (Å²) in [4.78, 5) is 10.8. The van der Waals surface area contributed by atoms with Crippen LogP contribution in [0, 0.1) is 0 Å². The first-order valence-electron chi connectivity index (χ1n) is 3.47. The van der Waals surface area contributed by atoms with Crippen molar-refractivity contribution in [3.63, 3.8) is 0 Å². The van der Waals surface area contributed by atoms with E-state index < -0.39 is 0 Å². The predicted octanol–water partition coefficient (Wildman–Crippen LogP) is 1.60. The van der Waals surface area contributed by atoms with Gasteiger partial charge in [-0.2, -0.15) is 0 Å². The van der Waals surface area contributed by atoms with E-state index in [2.05, 4.69) is 6.58 Å². The molecule has 0 saturated carbocycles. The van der Waals surface area contributed by atoms with E-state index in [9.17, 15) is 4.79 Å². The summed E-state index contributed by atoms with van der Waals surface area (Å²) in [7, 11) is 0. The van der Waals surface area contributed by atoms with E-state index in [4.69, 9.17) is 4.74 Å². The van der Waals surface area contributed by atoms with Gasteiger partial charge in [-0.15, -0.1) is 0 Å². The molecule has 0 heterocycles. The van der Waals surface area contributed by atoms with Crippen molar-refractivity contribution in [3.8, 4) is 0 Å². The number of allylic oxidation sites excluding steroid dienone is 3. The zero-order valence-electron chi connectivity index (χ0n) is 6.25. The summed E-state index contributed by atoms with van der Waals surface area (Å²) in [5.74, 6) is 0.715. The van der Waals surface area contributed by atoms with Crippen molar-refractivity contribution in [1.29, 1.82) is 0 Å². The number of rotatable bonds is 3. The molecule has 0 amide bonds. The average molecular weight is 150 g/mol. The Morgan fingerprint density at radius 3 is 3.18 bits per heavy atom. The Hall–Kier alpha value is -1.31. The van der Waals surface area contributed by atoms with Crippen LogP contribution in [0.3, 0.4) is 0 Å². The number of ketones is 1. The maximum atomic E-state index is 10.8. The summed E-state index contributed by atoms with van der Waals surface area (Å²) >= 11 is 0. The Bertz CT molecular complexity index is 224. The molecule has 0 radical (unpaired) electrons. The molecule has 0 aromatic carbocycles. The van der Waals surface area contributed by atoms with Crippen LogP contribution in [0.1, 0.15) is 6.42 Å². The van der Waals surface area contributed by atoms with Crippen LogP contribution in [0.25, 0.3) is 0 Å². The zero-order valence-corrected chi connectivity index (χ0v) is 6.25. The number of hydrogen-bond acceptors (Lipinski definition) is 2. The first-order chi connectivity index (χ1) is 5.33. The lowest BCUT2D eigenvalue weighted by Gasteiger charge is -2.07. The molecule has 1 aliphatic rings. The van der Waals surface area contributed by atoms with E-state index in [1.807, 2.05) is 0 Å². The average Bonchev–Trinajstić information content (AvgIpc) is 2.01.